The van der Waals surface area contributed by atoms with Gasteiger partial charge in [-0.2, -0.15) is 0 Å². The fraction of sp³-hybridized carbons (Fsp3) is 0.333. The van der Waals surface area contributed by atoms with Crippen LogP contribution in [0.4, 0.5) is 4.39 Å². The van der Waals surface area contributed by atoms with Crippen molar-refractivity contribution in [3.8, 4) is 11.3 Å². The summed E-state index contributed by atoms with van der Waals surface area (Å²) in [4.78, 5) is 19.1. The van der Waals surface area contributed by atoms with Gasteiger partial charge in [0.15, 0.2) is 11.7 Å². The number of rotatable bonds is 8. The van der Waals surface area contributed by atoms with Crippen molar-refractivity contribution in [3.05, 3.63) is 78.1 Å². The lowest BCUT2D eigenvalue weighted by molar-refractivity contribution is -0.133. The molecule has 1 aliphatic rings. The van der Waals surface area contributed by atoms with Crippen molar-refractivity contribution < 1.29 is 13.6 Å². The summed E-state index contributed by atoms with van der Waals surface area (Å²) in [5.74, 6) is 1.21. The third-order valence-electron chi connectivity index (χ3n) is 5.52. The number of carbonyl (C=O) groups excluding carboxylic acids is 1. The van der Waals surface area contributed by atoms with Crippen LogP contribution in [-0.4, -0.2) is 22.3 Å². The van der Waals surface area contributed by atoms with E-state index in [9.17, 15) is 9.18 Å². The Kier molecular flexibility index (Phi) is 6.03. The molecule has 0 saturated heterocycles. The zero-order chi connectivity index (χ0) is 20.1. The van der Waals surface area contributed by atoms with E-state index in [-0.39, 0.29) is 11.7 Å². The highest BCUT2D eigenvalue weighted by Gasteiger charge is 2.24. The van der Waals surface area contributed by atoms with E-state index in [2.05, 4.69) is 17.1 Å². The summed E-state index contributed by atoms with van der Waals surface area (Å²) in [5.41, 5.74) is 1.52. The van der Waals surface area contributed by atoms with Gasteiger partial charge in [-0.05, 0) is 36.5 Å². The summed E-state index contributed by atoms with van der Waals surface area (Å²) in [7, 11) is 0. The average molecular weight is 392 g/mol. The van der Waals surface area contributed by atoms with Crippen LogP contribution in [0.25, 0.3) is 11.3 Å². The Balaban J connectivity index is 1.39. The summed E-state index contributed by atoms with van der Waals surface area (Å²) >= 11 is 0. The Morgan fingerprint density at radius 1 is 1.10 bits per heavy atom. The topological polar surface area (TPSA) is 46.3 Å². The van der Waals surface area contributed by atoms with Crippen LogP contribution < -0.4 is 0 Å². The van der Waals surface area contributed by atoms with E-state index in [4.69, 9.17) is 4.42 Å². The number of aromatic nitrogens is 1. The maximum Gasteiger partial charge on any atom is 0.223 e. The zero-order valence-electron chi connectivity index (χ0n) is 16.4. The number of nitrogens with zero attached hydrogens (tertiary/aromatic N) is 2. The van der Waals surface area contributed by atoms with Crippen LogP contribution in [0.5, 0.6) is 0 Å². The van der Waals surface area contributed by atoms with Gasteiger partial charge in [0.25, 0.3) is 0 Å². The Bertz CT molecular complexity index is 950. The second kappa shape index (κ2) is 9.03. The Hall–Kier alpha value is -2.95. The minimum atomic E-state index is -0.346. The number of oxazole rings is 1. The highest BCUT2D eigenvalue weighted by molar-refractivity contribution is 5.76. The molecule has 4 rings (SSSR count). The van der Waals surface area contributed by atoms with Gasteiger partial charge in [-0.1, -0.05) is 48.9 Å². The first kappa shape index (κ1) is 19.4. The molecule has 1 fully saturated rings. The first-order chi connectivity index (χ1) is 14.2. The van der Waals surface area contributed by atoms with Gasteiger partial charge in [0.1, 0.15) is 5.82 Å². The lowest BCUT2D eigenvalue weighted by Crippen LogP contribution is -2.37. The minimum absolute atomic E-state index is 0.103. The molecule has 29 heavy (non-hydrogen) atoms. The number of hydrogen-bond acceptors (Lipinski definition) is 3. The molecule has 1 saturated carbocycles. The van der Waals surface area contributed by atoms with Crippen LogP contribution in [0.2, 0.25) is 0 Å². The van der Waals surface area contributed by atoms with Crippen LogP contribution >= 0.6 is 0 Å². The van der Waals surface area contributed by atoms with Gasteiger partial charge < -0.3 is 9.32 Å². The molecule has 4 nitrogen and oxygen atoms in total. The average Bonchev–Trinajstić information content (AvgIpc) is 3.18. The molecule has 0 atom stereocenters. The lowest BCUT2D eigenvalue weighted by Gasteiger charge is -2.32. The molecule has 0 unspecified atom stereocenters. The van der Waals surface area contributed by atoms with Gasteiger partial charge in [0.05, 0.1) is 11.8 Å². The van der Waals surface area contributed by atoms with E-state index in [1.807, 2.05) is 23.1 Å². The number of hydrogen-bond donors (Lipinski definition) is 0. The van der Waals surface area contributed by atoms with Crippen molar-refractivity contribution >= 4 is 5.91 Å². The first-order valence-corrected chi connectivity index (χ1v) is 10.2. The summed E-state index contributed by atoms with van der Waals surface area (Å²) < 4.78 is 19.6. The molecule has 150 valence electrons. The van der Waals surface area contributed by atoms with Gasteiger partial charge in [0, 0.05) is 25.9 Å². The van der Waals surface area contributed by atoms with E-state index in [0.717, 1.165) is 12.1 Å². The van der Waals surface area contributed by atoms with Crippen LogP contribution in [-0.2, 0) is 17.8 Å². The van der Waals surface area contributed by atoms with Gasteiger partial charge in [0.2, 0.25) is 5.91 Å². The highest BCUT2D eigenvalue weighted by Crippen LogP contribution is 2.28. The van der Waals surface area contributed by atoms with E-state index >= 15 is 0 Å². The normalized spacial score (nSPS) is 13.8. The predicted molar refractivity (Wildman–Crippen MR) is 109 cm³/mol. The SMILES string of the molecule is O=C(CCc1ncc(-c2ccccc2F)o1)N(Cc1ccccc1)CC1CCC1. The molecule has 1 aromatic heterocycles. The highest BCUT2D eigenvalue weighted by atomic mass is 19.1. The van der Waals surface area contributed by atoms with Crippen molar-refractivity contribution in [2.24, 2.45) is 5.92 Å². The first-order valence-electron chi connectivity index (χ1n) is 10.2. The predicted octanol–water partition coefficient (Wildman–Crippen LogP) is 5.24. The summed E-state index contributed by atoms with van der Waals surface area (Å²) in [6.45, 7) is 1.43. The quantitative estimate of drug-likeness (QED) is 0.526. The number of benzene rings is 2. The molecule has 0 spiro atoms. The molecule has 1 aliphatic carbocycles. The molecule has 0 N–H and O–H groups in total. The Morgan fingerprint density at radius 3 is 2.59 bits per heavy atom. The maximum atomic E-state index is 13.9. The molecule has 0 aliphatic heterocycles. The van der Waals surface area contributed by atoms with Gasteiger partial charge >= 0.3 is 0 Å². The van der Waals surface area contributed by atoms with E-state index in [1.165, 1.54) is 31.5 Å². The van der Waals surface area contributed by atoms with Crippen molar-refractivity contribution in [1.82, 2.24) is 9.88 Å². The smallest absolute Gasteiger partial charge is 0.223 e. The molecule has 2 aromatic carbocycles. The number of aryl methyl sites for hydroxylation is 1. The summed E-state index contributed by atoms with van der Waals surface area (Å²) in [6, 6.07) is 16.5. The molecule has 0 bridgehead atoms. The van der Waals surface area contributed by atoms with Crippen molar-refractivity contribution in [1.29, 1.82) is 0 Å². The van der Waals surface area contributed by atoms with E-state index in [0.29, 0.717) is 42.5 Å². The second-order valence-electron chi connectivity index (χ2n) is 7.65. The van der Waals surface area contributed by atoms with E-state index in [1.54, 1.807) is 18.2 Å². The van der Waals surface area contributed by atoms with Gasteiger partial charge in [-0.25, -0.2) is 9.37 Å². The Labute approximate surface area is 170 Å². The monoisotopic (exact) mass is 392 g/mol. The molecule has 5 heteroatoms. The van der Waals surface area contributed by atoms with Crippen molar-refractivity contribution in [3.63, 3.8) is 0 Å². The van der Waals surface area contributed by atoms with Gasteiger partial charge in [-0.15, -0.1) is 0 Å². The van der Waals surface area contributed by atoms with E-state index < -0.39 is 0 Å². The van der Waals surface area contributed by atoms with Crippen LogP contribution in [0.3, 0.4) is 0 Å². The Morgan fingerprint density at radius 2 is 1.86 bits per heavy atom. The number of amides is 1. The summed E-state index contributed by atoms with van der Waals surface area (Å²) in [5, 5.41) is 0. The van der Waals surface area contributed by atoms with Crippen LogP contribution in [0, 0.1) is 11.7 Å². The lowest BCUT2D eigenvalue weighted by atomic mass is 9.85. The third kappa shape index (κ3) is 4.91. The largest absolute Gasteiger partial charge is 0.441 e. The maximum absolute atomic E-state index is 13.9. The standard InChI is InChI=1S/C24H25FN2O2/c25-21-12-5-4-11-20(21)22-15-26-23(29-22)13-14-24(28)27(17-19-9-6-10-19)16-18-7-2-1-3-8-18/h1-5,7-8,11-12,15,19H,6,9-10,13-14,16-17H2. The minimum Gasteiger partial charge on any atom is -0.441 e. The van der Waals surface area contributed by atoms with Crippen LogP contribution in [0.15, 0.2) is 65.2 Å². The molecular formula is C24H25FN2O2. The third-order valence-corrected chi connectivity index (χ3v) is 5.52. The fourth-order valence-corrected chi connectivity index (χ4v) is 3.63. The molecule has 3 aromatic rings. The van der Waals surface area contributed by atoms with Crippen LogP contribution in [0.1, 0.15) is 37.1 Å². The van der Waals surface area contributed by atoms with Gasteiger partial charge in [-0.3, -0.25) is 4.79 Å². The molecular weight excluding hydrogens is 367 g/mol. The van der Waals surface area contributed by atoms with Crippen molar-refractivity contribution in [2.75, 3.05) is 6.54 Å². The van der Waals surface area contributed by atoms with Crippen molar-refractivity contribution in [2.45, 2.75) is 38.6 Å². The number of carbonyl (C=O) groups is 1. The second-order valence-corrected chi connectivity index (χ2v) is 7.65. The fourth-order valence-electron chi connectivity index (χ4n) is 3.63. The zero-order valence-corrected chi connectivity index (χ0v) is 16.4. The summed E-state index contributed by atoms with van der Waals surface area (Å²) in [6.07, 6.45) is 5.91. The molecule has 1 amide bonds. The molecule has 0 radical (unpaired) electrons. The number of halogens is 1. The molecule has 1 heterocycles.